The number of rotatable bonds is 10. The largest absolute Gasteiger partial charge is 0.493 e. The maximum atomic E-state index is 12.2. The van der Waals surface area contributed by atoms with Crippen molar-refractivity contribution in [3.8, 4) is 22.1 Å². The van der Waals surface area contributed by atoms with E-state index >= 15 is 0 Å². The van der Waals surface area contributed by atoms with Crippen molar-refractivity contribution >= 4 is 51.2 Å². The zero-order valence-electron chi connectivity index (χ0n) is 19.6. The molecule has 4 aromatic rings. The maximum Gasteiger partial charge on any atom is 0.250 e. The van der Waals surface area contributed by atoms with Crippen molar-refractivity contribution in [2.75, 3.05) is 12.9 Å². The first-order chi connectivity index (χ1) is 17.5. The summed E-state index contributed by atoms with van der Waals surface area (Å²) in [6, 6.07) is 21.6. The van der Waals surface area contributed by atoms with Crippen LogP contribution in [0, 0.1) is 6.92 Å². The van der Waals surface area contributed by atoms with E-state index in [4.69, 9.17) is 9.47 Å². The Bertz CT molecular complexity index is 1360. The smallest absolute Gasteiger partial charge is 0.250 e. The van der Waals surface area contributed by atoms with E-state index in [1.165, 1.54) is 28.7 Å². The lowest BCUT2D eigenvalue weighted by atomic mass is 10.1. The number of hydrogen-bond acceptors (Lipinski definition) is 8. The van der Waals surface area contributed by atoms with Crippen LogP contribution < -0.4 is 14.9 Å². The molecule has 4 rings (SSSR count). The molecule has 0 spiro atoms. The van der Waals surface area contributed by atoms with Crippen molar-refractivity contribution in [3.05, 3.63) is 87.9 Å². The Balaban J connectivity index is 1.30. The summed E-state index contributed by atoms with van der Waals surface area (Å²) in [5, 5.41) is 13.2. The summed E-state index contributed by atoms with van der Waals surface area (Å²) in [7, 11) is 1.58. The summed E-state index contributed by atoms with van der Waals surface area (Å²) in [6.07, 6.45) is 1.55. The van der Waals surface area contributed by atoms with Gasteiger partial charge in [0.1, 0.15) is 11.6 Å². The molecule has 0 atom stereocenters. The highest BCUT2D eigenvalue weighted by Gasteiger charge is 2.12. The van der Waals surface area contributed by atoms with E-state index in [-0.39, 0.29) is 11.7 Å². The Morgan fingerprint density at radius 2 is 1.97 bits per heavy atom. The van der Waals surface area contributed by atoms with Crippen molar-refractivity contribution in [1.82, 2.24) is 15.6 Å². The Morgan fingerprint density at radius 1 is 1.14 bits per heavy atom. The fraction of sp³-hybridized carbons (Fsp3) is 0.154. The fourth-order valence-electron chi connectivity index (χ4n) is 3.22. The van der Waals surface area contributed by atoms with Gasteiger partial charge in [0.2, 0.25) is 0 Å². The minimum absolute atomic E-state index is 0.180. The first kappa shape index (κ1) is 25.9. The van der Waals surface area contributed by atoms with Gasteiger partial charge in [-0.1, -0.05) is 83.3 Å². The lowest BCUT2D eigenvalue weighted by molar-refractivity contribution is -0.118. The number of carbonyl (C=O) groups excluding carboxylic acids is 1. The van der Waals surface area contributed by atoms with Crippen molar-refractivity contribution in [3.63, 3.8) is 0 Å². The molecule has 0 fully saturated rings. The SMILES string of the molecule is COc1cc(C=NNC(=O)CSc2nnc(-c3ccccc3)s2)cc(Br)c1OCc1cccc(C)c1. The number of thioether (sulfide) groups is 1. The van der Waals surface area contributed by atoms with Crippen LogP contribution in [0.25, 0.3) is 10.6 Å². The number of hydrogen-bond donors (Lipinski definition) is 1. The van der Waals surface area contributed by atoms with Crippen LogP contribution in [0.1, 0.15) is 16.7 Å². The summed E-state index contributed by atoms with van der Waals surface area (Å²) >= 11 is 6.32. The molecule has 36 heavy (non-hydrogen) atoms. The zero-order chi connectivity index (χ0) is 25.3. The summed E-state index contributed by atoms with van der Waals surface area (Å²) in [4.78, 5) is 12.2. The number of amides is 1. The molecule has 1 aromatic heterocycles. The second-order valence-corrected chi connectivity index (χ2v) is 10.7. The first-order valence-corrected chi connectivity index (χ1v) is 13.5. The summed E-state index contributed by atoms with van der Waals surface area (Å²) < 4.78 is 13.0. The summed E-state index contributed by atoms with van der Waals surface area (Å²) in [5.74, 6) is 1.10. The van der Waals surface area contributed by atoms with Gasteiger partial charge in [-0.25, -0.2) is 5.43 Å². The molecule has 1 amide bonds. The second-order valence-electron chi connectivity index (χ2n) is 7.63. The van der Waals surface area contributed by atoms with Gasteiger partial charge in [0.25, 0.3) is 5.91 Å². The van der Waals surface area contributed by atoms with Crippen molar-refractivity contribution < 1.29 is 14.3 Å². The van der Waals surface area contributed by atoms with Crippen LogP contribution in [0.4, 0.5) is 0 Å². The van der Waals surface area contributed by atoms with Gasteiger partial charge < -0.3 is 9.47 Å². The molecule has 0 radical (unpaired) electrons. The van der Waals surface area contributed by atoms with Crippen LogP contribution in [0.5, 0.6) is 11.5 Å². The van der Waals surface area contributed by atoms with Gasteiger partial charge >= 0.3 is 0 Å². The van der Waals surface area contributed by atoms with Gasteiger partial charge in [-0.2, -0.15) is 5.10 Å². The Labute approximate surface area is 226 Å². The molecule has 0 aliphatic rings. The number of aryl methyl sites for hydroxylation is 1. The zero-order valence-corrected chi connectivity index (χ0v) is 22.8. The van der Waals surface area contributed by atoms with Gasteiger partial charge in [-0.15, -0.1) is 10.2 Å². The van der Waals surface area contributed by atoms with E-state index in [1.54, 1.807) is 19.4 Å². The van der Waals surface area contributed by atoms with E-state index in [0.29, 0.717) is 18.1 Å². The molecule has 0 unspecified atom stereocenters. The molecule has 0 saturated heterocycles. The predicted octanol–water partition coefficient (Wildman–Crippen LogP) is 6.11. The van der Waals surface area contributed by atoms with Gasteiger partial charge in [0.05, 0.1) is 23.5 Å². The molecule has 0 aliphatic heterocycles. The first-order valence-electron chi connectivity index (χ1n) is 10.9. The molecule has 1 N–H and O–H groups in total. The van der Waals surface area contributed by atoms with E-state index in [9.17, 15) is 4.79 Å². The van der Waals surface area contributed by atoms with Gasteiger partial charge in [-0.3, -0.25) is 4.79 Å². The molecule has 3 aromatic carbocycles. The Kier molecular flexibility index (Phi) is 9.10. The monoisotopic (exact) mass is 582 g/mol. The highest BCUT2D eigenvalue weighted by atomic mass is 79.9. The molecule has 184 valence electrons. The molecule has 0 bridgehead atoms. The number of nitrogens with one attached hydrogen (secondary N) is 1. The molecule has 1 heterocycles. The number of hydrazone groups is 1. The minimum Gasteiger partial charge on any atom is -0.493 e. The van der Waals surface area contributed by atoms with Crippen LogP contribution >= 0.6 is 39.0 Å². The Hall–Kier alpha value is -3.21. The molecule has 7 nitrogen and oxygen atoms in total. The third-order valence-electron chi connectivity index (χ3n) is 4.87. The molecular formula is C26H23BrN4O3S2. The van der Waals surface area contributed by atoms with Crippen molar-refractivity contribution in [2.24, 2.45) is 5.10 Å². The second kappa shape index (κ2) is 12.7. The molecule has 10 heteroatoms. The van der Waals surface area contributed by atoms with Crippen LogP contribution in [0.2, 0.25) is 0 Å². The van der Waals surface area contributed by atoms with Crippen LogP contribution in [0.3, 0.4) is 0 Å². The van der Waals surface area contributed by atoms with Crippen molar-refractivity contribution in [1.29, 1.82) is 0 Å². The molecule has 0 aliphatic carbocycles. The predicted molar refractivity (Wildman–Crippen MR) is 148 cm³/mol. The highest BCUT2D eigenvalue weighted by molar-refractivity contribution is 9.10. The van der Waals surface area contributed by atoms with Gasteiger partial charge in [0, 0.05) is 5.56 Å². The normalized spacial score (nSPS) is 11.0. The molecule has 0 saturated carbocycles. The van der Waals surface area contributed by atoms with Crippen LogP contribution in [-0.4, -0.2) is 35.2 Å². The number of halogens is 1. The average molecular weight is 584 g/mol. The van der Waals surface area contributed by atoms with Gasteiger partial charge in [-0.05, 0) is 46.1 Å². The number of carbonyl (C=O) groups is 1. The molecular weight excluding hydrogens is 560 g/mol. The topological polar surface area (TPSA) is 85.7 Å². The van der Waals surface area contributed by atoms with Crippen molar-refractivity contribution in [2.45, 2.75) is 17.9 Å². The number of aromatic nitrogens is 2. The average Bonchev–Trinajstić information content (AvgIpc) is 3.36. The lowest BCUT2D eigenvalue weighted by Crippen LogP contribution is -2.19. The third kappa shape index (κ3) is 7.16. The van der Waals surface area contributed by atoms with Crippen LogP contribution in [0.15, 0.2) is 80.6 Å². The standard InChI is InChI=1S/C26H23BrN4O3S2/c1-17-7-6-8-18(11-17)15-34-24-21(27)12-19(13-22(24)33-2)14-28-29-23(32)16-35-26-31-30-25(36-26)20-9-4-3-5-10-20/h3-14H,15-16H2,1-2H3,(H,29,32). The van der Waals surface area contributed by atoms with E-state index < -0.39 is 0 Å². The van der Waals surface area contributed by atoms with E-state index in [1.807, 2.05) is 61.5 Å². The summed E-state index contributed by atoms with van der Waals surface area (Å²) in [5.41, 5.74) is 6.53. The highest BCUT2D eigenvalue weighted by Crippen LogP contribution is 2.37. The minimum atomic E-state index is -0.239. The quantitative estimate of drug-likeness (QED) is 0.138. The maximum absolute atomic E-state index is 12.2. The third-order valence-corrected chi connectivity index (χ3v) is 7.57. The number of methoxy groups -OCH3 is 1. The number of nitrogens with zero attached hydrogens (tertiary/aromatic N) is 3. The fourth-order valence-corrected chi connectivity index (χ4v) is 5.44. The lowest BCUT2D eigenvalue weighted by Gasteiger charge is -2.13. The summed E-state index contributed by atoms with van der Waals surface area (Å²) in [6.45, 7) is 2.46. The number of ether oxygens (including phenoxy) is 2. The number of benzene rings is 3. The van der Waals surface area contributed by atoms with E-state index in [2.05, 4.69) is 42.7 Å². The van der Waals surface area contributed by atoms with Crippen LogP contribution in [-0.2, 0) is 11.4 Å². The van der Waals surface area contributed by atoms with E-state index in [0.717, 1.165) is 30.5 Å². The van der Waals surface area contributed by atoms with Gasteiger partial charge in [0.15, 0.2) is 15.8 Å². The Morgan fingerprint density at radius 3 is 2.75 bits per heavy atom.